The largest absolute Gasteiger partial charge is 0.481 e. The lowest BCUT2D eigenvalue weighted by Gasteiger charge is -2.28. The zero-order valence-electron chi connectivity index (χ0n) is 13.0. The Kier molecular flexibility index (Phi) is 5.18. The summed E-state index contributed by atoms with van der Waals surface area (Å²) in [6.45, 7) is 1.74. The zero-order valence-corrected chi connectivity index (χ0v) is 13.0. The van der Waals surface area contributed by atoms with Gasteiger partial charge in [0.1, 0.15) is 0 Å². The van der Waals surface area contributed by atoms with Crippen molar-refractivity contribution >= 4 is 11.9 Å². The normalized spacial score (nSPS) is 13.3. The molecule has 0 saturated carbocycles. The molecule has 1 amide bonds. The summed E-state index contributed by atoms with van der Waals surface area (Å²) in [5.41, 5.74) is 1.17. The van der Waals surface area contributed by atoms with Crippen molar-refractivity contribution in [3.8, 4) is 11.1 Å². The minimum atomic E-state index is -1.00. The first kappa shape index (κ1) is 16.8. The van der Waals surface area contributed by atoms with Crippen molar-refractivity contribution in [1.82, 2.24) is 5.32 Å². The Morgan fingerprint density at radius 1 is 1.30 bits per heavy atom. The third kappa shape index (κ3) is 4.43. The molecule has 0 aliphatic rings. The summed E-state index contributed by atoms with van der Waals surface area (Å²) in [6.07, 6.45) is 2.93. The lowest BCUT2D eigenvalue weighted by molar-refractivity contribution is -0.139. The van der Waals surface area contributed by atoms with Crippen LogP contribution in [0, 0.1) is 0 Å². The van der Waals surface area contributed by atoms with Gasteiger partial charge >= 0.3 is 5.97 Å². The van der Waals surface area contributed by atoms with E-state index in [0.717, 1.165) is 11.1 Å². The van der Waals surface area contributed by atoms with E-state index in [4.69, 9.17) is 14.3 Å². The third-order valence-corrected chi connectivity index (χ3v) is 3.40. The number of rotatable bonds is 7. The molecule has 1 atom stereocenters. The van der Waals surface area contributed by atoms with Crippen molar-refractivity contribution in [3.63, 3.8) is 0 Å². The number of hydrogen-bond donors (Lipinski definition) is 2. The average Bonchev–Trinajstić information content (AvgIpc) is 3.00. The van der Waals surface area contributed by atoms with Gasteiger partial charge in [-0.1, -0.05) is 12.1 Å². The SMILES string of the molecule is COCC(C)(CC(=O)O)NC(=O)c1cccc(-c2ccoc2)c1. The zero-order chi connectivity index (χ0) is 16.9. The van der Waals surface area contributed by atoms with E-state index in [9.17, 15) is 9.59 Å². The standard InChI is InChI=1S/C17H19NO5/c1-17(11-22-2,9-15(19)20)18-16(21)13-5-3-4-12(8-13)14-6-7-23-10-14/h3-8,10H,9,11H2,1-2H3,(H,18,21)(H,19,20). The number of carboxylic acids is 1. The number of benzene rings is 1. The van der Waals surface area contributed by atoms with Crippen LogP contribution in [-0.4, -0.2) is 36.2 Å². The highest BCUT2D eigenvalue weighted by Gasteiger charge is 2.30. The van der Waals surface area contributed by atoms with Gasteiger partial charge in [0.25, 0.3) is 5.91 Å². The Bertz CT molecular complexity index is 680. The Hall–Kier alpha value is -2.60. The second-order valence-electron chi connectivity index (χ2n) is 5.61. The maximum absolute atomic E-state index is 12.5. The number of carbonyl (C=O) groups excluding carboxylic acids is 1. The van der Waals surface area contributed by atoms with Crippen LogP contribution in [-0.2, 0) is 9.53 Å². The highest BCUT2D eigenvalue weighted by Crippen LogP contribution is 2.21. The molecule has 2 N–H and O–H groups in total. The molecular weight excluding hydrogens is 298 g/mol. The quantitative estimate of drug-likeness (QED) is 0.819. The van der Waals surface area contributed by atoms with Crippen LogP contribution in [0.15, 0.2) is 47.3 Å². The van der Waals surface area contributed by atoms with Gasteiger partial charge in [0.15, 0.2) is 0 Å². The van der Waals surface area contributed by atoms with E-state index < -0.39 is 11.5 Å². The van der Waals surface area contributed by atoms with E-state index in [2.05, 4.69) is 5.32 Å². The van der Waals surface area contributed by atoms with Crippen LogP contribution < -0.4 is 5.32 Å². The Morgan fingerprint density at radius 2 is 2.09 bits per heavy atom. The van der Waals surface area contributed by atoms with Crippen molar-refractivity contribution in [1.29, 1.82) is 0 Å². The predicted octanol–water partition coefficient (Wildman–Crippen LogP) is 2.56. The number of methoxy groups -OCH3 is 1. The minimum absolute atomic E-state index is 0.104. The lowest BCUT2D eigenvalue weighted by Crippen LogP contribution is -2.50. The van der Waals surface area contributed by atoms with Crippen LogP contribution in [0.2, 0.25) is 0 Å². The Morgan fingerprint density at radius 3 is 2.70 bits per heavy atom. The average molecular weight is 317 g/mol. The maximum Gasteiger partial charge on any atom is 0.305 e. The van der Waals surface area contributed by atoms with Crippen LogP contribution >= 0.6 is 0 Å². The number of hydrogen-bond acceptors (Lipinski definition) is 4. The first-order valence-electron chi connectivity index (χ1n) is 7.09. The number of nitrogens with one attached hydrogen (secondary N) is 1. The molecule has 2 rings (SSSR count). The van der Waals surface area contributed by atoms with Gasteiger partial charge in [-0.05, 0) is 30.7 Å². The molecule has 23 heavy (non-hydrogen) atoms. The molecule has 0 radical (unpaired) electrons. The molecule has 0 spiro atoms. The summed E-state index contributed by atoms with van der Waals surface area (Å²) in [7, 11) is 1.46. The molecule has 1 unspecified atom stereocenters. The van der Waals surface area contributed by atoms with Crippen molar-refractivity contribution in [2.24, 2.45) is 0 Å². The van der Waals surface area contributed by atoms with Gasteiger partial charge in [-0.3, -0.25) is 9.59 Å². The van der Waals surface area contributed by atoms with Gasteiger partial charge in [0.05, 0.1) is 31.1 Å². The van der Waals surface area contributed by atoms with Crippen LogP contribution in [0.4, 0.5) is 0 Å². The summed E-state index contributed by atoms with van der Waals surface area (Å²) >= 11 is 0. The molecule has 0 aliphatic heterocycles. The molecule has 122 valence electrons. The Labute approximate surface area is 134 Å². The van der Waals surface area contributed by atoms with E-state index in [0.29, 0.717) is 5.56 Å². The molecule has 6 heteroatoms. The van der Waals surface area contributed by atoms with Crippen molar-refractivity contribution in [2.45, 2.75) is 18.9 Å². The molecule has 1 heterocycles. The molecule has 0 fully saturated rings. The van der Waals surface area contributed by atoms with Crippen LogP contribution in [0.25, 0.3) is 11.1 Å². The third-order valence-electron chi connectivity index (χ3n) is 3.40. The van der Waals surface area contributed by atoms with E-state index in [1.165, 1.54) is 7.11 Å². The molecule has 2 aromatic rings. The number of amides is 1. The molecule has 6 nitrogen and oxygen atoms in total. The summed E-state index contributed by atoms with van der Waals surface area (Å²) in [6, 6.07) is 8.84. The second kappa shape index (κ2) is 7.11. The topological polar surface area (TPSA) is 88.8 Å². The lowest BCUT2D eigenvalue weighted by atomic mass is 9.97. The highest BCUT2D eigenvalue weighted by atomic mass is 16.5. The van der Waals surface area contributed by atoms with Gasteiger partial charge in [-0.2, -0.15) is 0 Å². The Balaban J connectivity index is 2.19. The number of carbonyl (C=O) groups is 2. The number of ether oxygens (including phenoxy) is 1. The van der Waals surface area contributed by atoms with Crippen molar-refractivity contribution < 1.29 is 23.8 Å². The van der Waals surface area contributed by atoms with Crippen LogP contribution in [0.3, 0.4) is 0 Å². The van der Waals surface area contributed by atoms with Crippen LogP contribution in [0.5, 0.6) is 0 Å². The fraction of sp³-hybridized carbons (Fsp3) is 0.294. The minimum Gasteiger partial charge on any atom is -0.481 e. The smallest absolute Gasteiger partial charge is 0.305 e. The molecule has 0 aliphatic carbocycles. The highest BCUT2D eigenvalue weighted by molar-refractivity contribution is 5.96. The van der Waals surface area contributed by atoms with Gasteiger partial charge in [0, 0.05) is 18.2 Å². The van der Waals surface area contributed by atoms with Gasteiger partial charge in [-0.25, -0.2) is 0 Å². The summed E-state index contributed by atoms with van der Waals surface area (Å²) < 4.78 is 10.1. The monoisotopic (exact) mass is 317 g/mol. The van der Waals surface area contributed by atoms with Crippen LogP contribution in [0.1, 0.15) is 23.7 Å². The first-order chi connectivity index (χ1) is 10.9. The summed E-state index contributed by atoms with van der Waals surface area (Å²) in [4.78, 5) is 23.5. The number of carboxylic acid groups (broad SMARTS) is 1. The van der Waals surface area contributed by atoms with E-state index >= 15 is 0 Å². The maximum atomic E-state index is 12.5. The summed E-state index contributed by atoms with van der Waals surface area (Å²) in [5.74, 6) is -1.35. The van der Waals surface area contributed by atoms with E-state index in [1.54, 1.807) is 43.7 Å². The fourth-order valence-corrected chi connectivity index (χ4v) is 2.40. The number of furan rings is 1. The predicted molar refractivity (Wildman–Crippen MR) is 84.1 cm³/mol. The van der Waals surface area contributed by atoms with Gasteiger partial charge in [0.2, 0.25) is 0 Å². The molecule has 1 aromatic heterocycles. The molecule has 1 aromatic carbocycles. The van der Waals surface area contributed by atoms with E-state index in [1.807, 2.05) is 6.07 Å². The fourth-order valence-electron chi connectivity index (χ4n) is 2.40. The molecule has 0 saturated heterocycles. The molecule has 0 bridgehead atoms. The number of aliphatic carboxylic acids is 1. The van der Waals surface area contributed by atoms with Crippen molar-refractivity contribution in [3.05, 3.63) is 48.4 Å². The summed E-state index contributed by atoms with van der Waals surface area (Å²) in [5, 5.41) is 11.8. The van der Waals surface area contributed by atoms with Gasteiger partial charge < -0.3 is 19.6 Å². The van der Waals surface area contributed by atoms with Crippen molar-refractivity contribution in [2.75, 3.05) is 13.7 Å². The van der Waals surface area contributed by atoms with E-state index in [-0.39, 0.29) is 18.9 Å². The van der Waals surface area contributed by atoms with Gasteiger partial charge in [-0.15, -0.1) is 0 Å². The first-order valence-corrected chi connectivity index (χ1v) is 7.09. The molecular formula is C17H19NO5. The second-order valence-corrected chi connectivity index (χ2v) is 5.61.